The Morgan fingerprint density at radius 3 is 2.88 bits per heavy atom. The number of ether oxygens (including phenoxy) is 1. The van der Waals surface area contributed by atoms with Crippen molar-refractivity contribution in [1.29, 1.82) is 5.26 Å². The van der Waals surface area contributed by atoms with Crippen LogP contribution in [0.4, 0.5) is 10.1 Å². The van der Waals surface area contributed by atoms with E-state index >= 15 is 0 Å². The molecule has 1 rings (SSSR count). The van der Waals surface area contributed by atoms with Gasteiger partial charge in [0.05, 0.1) is 11.3 Å². The minimum atomic E-state index is -0.793. The van der Waals surface area contributed by atoms with E-state index in [2.05, 4.69) is 0 Å². The Morgan fingerprint density at radius 1 is 1.69 bits per heavy atom. The third-order valence-electron chi connectivity index (χ3n) is 2.00. The summed E-state index contributed by atoms with van der Waals surface area (Å²) in [4.78, 5) is 11.5. The molecule has 0 aliphatic heterocycles. The minimum Gasteiger partial charge on any atom is -0.443 e. The Hall–Kier alpha value is -2.09. The van der Waals surface area contributed by atoms with Crippen LogP contribution in [0.2, 0.25) is 0 Å². The molecular weight excluding hydrogens is 211 g/mol. The van der Waals surface area contributed by atoms with Crippen LogP contribution in [-0.4, -0.2) is 12.1 Å². The van der Waals surface area contributed by atoms with Crippen LogP contribution in [0.25, 0.3) is 0 Å². The number of carbonyl (C=O) groups is 1. The van der Waals surface area contributed by atoms with Gasteiger partial charge in [-0.3, -0.25) is 0 Å². The normalized spacial score (nSPS) is 11.6. The van der Waals surface area contributed by atoms with Crippen molar-refractivity contribution in [3.8, 4) is 6.07 Å². The number of nitriles is 1. The van der Waals surface area contributed by atoms with E-state index in [1.54, 1.807) is 6.92 Å². The van der Waals surface area contributed by atoms with Crippen molar-refractivity contribution in [2.45, 2.75) is 19.4 Å². The molecule has 5 heteroatoms. The zero-order chi connectivity index (χ0) is 12.1. The highest BCUT2D eigenvalue weighted by Crippen LogP contribution is 2.14. The number of hydrogen-bond donors (Lipinski definition) is 1. The molecule has 0 bridgehead atoms. The van der Waals surface area contributed by atoms with Crippen LogP contribution in [-0.2, 0) is 4.74 Å². The third-order valence-corrected chi connectivity index (χ3v) is 2.00. The first-order valence-corrected chi connectivity index (χ1v) is 4.74. The highest BCUT2D eigenvalue weighted by Gasteiger charge is 2.14. The number of esters is 1. The van der Waals surface area contributed by atoms with Gasteiger partial charge in [0, 0.05) is 0 Å². The van der Waals surface area contributed by atoms with E-state index in [1.807, 2.05) is 6.07 Å². The molecule has 0 heterocycles. The molecule has 0 amide bonds. The van der Waals surface area contributed by atoms with E-state index < -0.39 is 17.9 Å². The lowest BCUT2D eigenvalue weighted by atomic mass is 10.2. The number of nitrogens with zero attached hydrogens (tertiary/aromatic N) is 1. The Labute approximate surface area is 92.4 Å². The van der Waals surface area contributed by atoms with E-state index in [9.17, 15) is 9.18 Å². The van der Waals surface area contributed by atoms with Crippen molar-refractivity contribution >= 4 is 11.7 Å². The largest absolute Gasteiger partial charge is 0.443 e. The first-order valence-electron chi connectivity index (χ1n) is 4.74. The average molecular weight is 222 g/mol. The van der Waals surface area contributed by atoms with E-state index in [4.69, 9.17) is 15.7 Å². The molecular formula is C11H11FN2O2. The van der Waals surface area contributed by atoms with Gasteiger partial charge in [-0.15, -0.1) is 0 Å². The maximum absolute atomic E-state index is 12.8. The molecule has 2 N–H and O–H groups in total. The lowest BCUT2D eigenvalue weighted by Crippen LogP contribution is -2.15. The second-order valence-electron chi connectivity index (χ2n) is 3.17. The second kappa shape index (κ2) is 5.12. The number of rotatable bonds is 3. The van der Waals surface area contributed by atoms with Crippen LogP contribution in [0.15, 0.2) is 18.2 Å². The van der Waals surface area contributed by atoms with Gasteiger partial charge in [0.2, 0.25) is 0 Å². The molecule has 0 aromatic heterocycles. The van der Waals surface area contributed by atoms with E-state index in [-0.39, 0.29) is 11.3 Å². The summed E-state index contributed by atoms with van der Waals surface area (Å²) in [7, 11) is 0. The number of benzene rings is 1. The van der Waals surface area contributed by atoms with Gasteiger partial charge in [-0.1, -0.05) is 6.92 Å². The number of carbonyl (C=O) groups excluding carboxylic acids is 1. The summed E-state index contributed by atoms with van der Waals surface area (Å²) in [5, 5.41) is 8.61. The summed E-state index contributed by atoms with van der Waals surface area (Å²) in [5.41, 5.74) is 5.31. The van der Waals surface area contributed by atoms with Gasteiger partial charge >= 0.3 is 5.97 Å². The minimum absolute atomic E-state index is 0.126. The molecule has 0 aliphatic rings. The highest BCUT2D eigenvalue weighted by molar-refractivity contribution is 5.90. The van der Waals surface area contributed by atoms with Crippen molar-refractivity contribution in [3.63, 3.8) is 0 Å². The van der Waals surface area contributed by atoms with Crippen molar-refractivity contribution in [2.75, 3.05) is 5.73 Å². The zero-order valence-corrected chi connectivity index (χ0v) is 8.74. The average Bonchev–Trinajstić information content (AvgIpc) is 2.29. The Balaban J connectivity index is 2.81. The van der Waals surface area contributed by atoms with Crippen LogP contribution < -0.4 is 5.73 Å². The van der Waals surface area contributed by atoms with Crippen molar-refractivity contribution in [1.82, 2.24) is 0 Å². The topological polar surface area (TPSA) is 76.1 Å². The van der Waals surface area contributed by atoms with Gasteiger partial charge in [-0.25, -0.2) is 9.18 Å². The fourth-order valence-electron chi connectivity index (χ4n) is 1.07. The van der Waals surface area contributed by atoms with Gasteiger partial charge < -0.3 is 10.5 Å². The van der Waals surface area contributed by atoms with Crippen LogP contribution in [0, 0.1) is 17.1 Å². The van der Waals surface area contributed by atoms with Crippen LogP contribution in [0.5, 0.6) is 0 Å². The van der Waals surface area contributed by atoms with Crippen molar-refractivity contribution in [2.24, 2.45) is 0 Å². The zero-order valence-electron chi connectivity index (χ0n) is 8.74. The Bertz CT molecular complexity index is 440. The summed E-state index contributed by atoms with van der Waals surface area (Å²) in [6, 6.07) is 5.36. The van der Waals surface area contributed by atoms with Crippen molar-refractivity contribution < 1.29 is 13.9 Å². The van der Waals surface area contributed by atoms with Crippen LogP contribution >= 0.6 is 0 Å². The molecule has 1 atom stereocenters. The molecule has 4 nitrogen and oxygen atoms in total. The number of anilines is 1. The maximum Gasteiger partial charge on any atom is 0.339 e. The van der Waals surface area contributed by atoms with E-state index in [0.29, 0.717) is 6.42 Å². The van der Waals surface area contributed by atoms with Crippen LogP contribution in [0.3, 0.4) is 0 Å². The van der Waals surface area contributed by atoms with Gasteiger partial charge in [-0.05, 0) is 24.6 Å². The standard InChI is InChI=1S/C11H11FN2O2/c1-2-8(6-13)16-11(15)7-3-4-9(12)10(14)5-7/h3-5,8H,2,14H2,1H3. The Morgan fingerprint density at radius 2 is 2.38 bits per heavy atom. The van der Waals surface area contributed by atoms with E-state index in [0.717, 1.165) is 6.07 Å². The molecule has 0 fully saturated rings. The molecule has 0 aliphatic carbocycles. The summed E-state index contributed by atoms with van der Waals surface area (Å²) >= 11 is 0. The lowest BCUT2D eigenvalue weighted by Gasteiger charge is -2.08. The predicted molar refractivity (Wildman–Crippen MR) is 55.9 cm³/mol. The quantitative estimate of drug-likeness (QED) is 0.625. The number of halogens is 1. The number of nitrogen functional groups attached to an aromatic ring is 1. The predicted octanol–water partition coefficient (Wildman–Crippen LogP) is 1.87. The lowest BCUT2D eigenvalue weighted by molar-refractivity contribution is 0.0401. The second-order valence-corrected chi connectivity index (χ2v) is 3.17. The summed E-state index contributed by atoms with van der Waals surface area (Å²) < 4.78 is 17.7. The monoisotopic (exact) mass is 222 g/mol. The first-order chi connectivity index (χ1) is 7.58. The highest BCUT2D eigenvalue weighted by atomic mass is 19.1. The van der Waals surface area contributed by atoms with Gasteiger partial charge in [-0.2, -0.15) is 5.26 Å². The molecule has 1 aromatic carbocycles. The molecule has 0 radical (unpaired) electrons. The maximum atomic E-state index is 12.8. The molecule has 1 aromatic rings. The smallest absolute Gasteiger partial charge is 0.339 e. The summed E-state index contributed by atoms with van der Waals surface area (Å²) in [6.45, 7) is 1.72. The number of hydrogen-bond acceptors (Lipinski definition) is 4. The van der Waals surface area contributed by atoms with Crippen molar-refractivity contribution in [3.05, 3.63) is 29.6 Å². The number of nitrogens with two attached hydrogens (primary N) is 1. The fraction of sp³-hybridized carbons (Fsp3) is 0.273. The SMILES string of the molecule is CCC(C#N)OC(=O)c1ccc(F)c(N)c1. The van der Waals surface area contributed by atoms with E-state index in [1.165, 1.54) is 12.1 Å². The Kier molecular flexibility index (Phi) is 3.84. The molecule has 84 valence electrons. The molecule has 0 saturated heterocycles. The first kappa shape index (κ1) is 12.0. The molecule has 1 unspecified atom stereocenters. The van der Waals surface area contributed by atoms with Crippen LogP contribution in [0.1, 0.15) is 23.7 Å². The molecule has 0 saturated carbocycles. The third kappa shape index (κ3) is 2.70. The summed E-state index contributed by atoms with van der Waals surface area (Å²) in [6.07, 6.45) is -0.391. The van der Waals surface area contributed by atoms with Gasteiger partial charge in [0.15, 0.2) is 6.10 Å². The molecule has 0 spiro atoms. The summed E-state index contributed by atoms with van der Waals surface area (Å²) in [5.74, 6) is -1.27. The molecule has 16 heavy (non-hydrogen) atoms. The fourth-order valence-corrected chi connectivity index (χ4v) is 1.07. The van der Waals surface area contributed by atoms with Gasteiger partial charge in [0.25, 0.3) is 0 Å². The van der Waals surface area contributed by atoms with Gasteiger partial charge in [0.1, 0.15) is 11.9 Å².